The summed E-state index contributed by atoms with van der Waals surface area (Å²) in [5.41, 5.74) is 5.48. The maximum absolute atomic E-state index is 13.2. The van der Waals surface area contributed by atoms with Crippen molar-refractivity contribution in [2.24, 2.45) is 0 Å². The van der Waals surface area contributed by atoms with Gasteiger partial charge in [0.05, 0.1) is 36.4 Å². The zero-order valence-corrected chi connectivity index (χ0v) is 80.4. The molecule has 0 amide bonds. The van der Waals surface area contributed by atoms with Gasteiger partial charge in [0, 0.05) is 154 Å². The van der Waals surface area contributed by atoms with Crippen molar-refractivity contribution >= 4 is 183 Å². The lowest BCUT2D eigenvalue weighted by molar-refractivity contribution is -0.773. The third-order valence-corrected chi connectivity index (χ3v) is 26.6. The van der Waals surface area contributed by atoms with E-state index in [-0.39, 0.29) is 201 Å². The second-order valence-electron chi connectivity index (χ2n) is 34.9. The Bertz CT molecular complexity index is 8870. The molecule has 22 aromatic rings. The number of fused-ring (bicyclic) bond motifs is 16. The molecule has 0 fully saturated rings. The van der Waals surface area contributed by atoms with Gasteiger partial charge in [-0.2, -0.15) is 85.1 Å². The minimum Gasteiger partial charge on any atom is -0.618 e. The Morgan fingerprint density at radius 2 is 0.386 bits per heavy atom. The Balaban J connectivity index is 0.000000120. The molecular weight excluding hydrogens is 1890 g/mol. The van der Waals surface area contributed by atoms with Gasteiger partial charge in [0.25, 0.3) is 201 Å². The van der Waals surface area contributed by atoms with Crippen LogP contribution in [0.2, 0.25) is 0 Å². The highest BCUT2D eigenvalue weighted by molar-refractivity contribution is 5.94. The minimum atomic E-state index is -0.906. The molecule has 0 radical (unpaired) electrons. The van der Waals surface area contributed by atoms with E-state index in [0.29, 0.717) is 134 Å². The smallest absolute Gasteiger partial charge is 0.618 e. The molecule has 736 valence electrons. The van der Waals surface area contributed by atoms with Crippen LogP contribution >= 0.6 is 0 Å². The van der Waals surface area contributed by atoms with Crippen molar-refractivity contribution in [3.8, 4) is 0 Å². The van der Waals surface area contributed by atoms with Crippen LogP contribution in [0, 0.1) is 236 Å². The third-order valence-electron chi connectivity index (χ3n) is 26.6. The van der Waals surface area contributed by atoms with Crippen LogP contribution in [0.5, 0.6) is 0 Å². The average molecular weight is 1970 g/mol. The fourth-order valence-electron chi connectivity index (χ4n) is 18.0. The molecule has 0 aliphatic heterocycles. The van der Waals surface area contributed by atoms with Gasteiger partial charge in [0.2, 0.25) is 0 Å². The zero-order valence-electron chi connectivity index (χ0n) is 80.4. The van der Waals surface area contributed by atoms with Crippen molar-refractivity contribution in [2.75, 3.05) is 0 Å². The molecule has 0 spiro atoms. The summed E-state index contributed by atoms with van der Waals surface area (Å²) in [7, 11) is 0. The first-order valence-corrected chi connectivity index (χ1v) is 44.5. The number of nitrogens with zero attached hydrogens (tertiary/aromatic N) is 24. The van der Waals surface area contributed by atoms with Crippen LogP contribution in [0.4, 0.5) is 0 Å². The van der Waals surface area contributed by atoms with Crippen LogP contribution in [0.25, 0.3) is 183 Å². The van der Waals surface area contributed by atoms with E-state index >= 15 is 0 Å². The topological polar surface area (TPSA) is 647 Å². The maximum atomic E-state index is 13.2. The van der Waals surface area contributed by atoms with Gasteiger partial charge in [-0.25, -0.2) is 0 Å². The highest BCUT2D eigenvalue weighted by Gasteiger charge is 2.50. The van der Waals surface area contributed by atoms with E-state index in [0.717, 1.165) is 41.2 Å². The van der Waals surface area contributed by atoms with E-state index in [4.69, 9.17) is 0 Å². The number of allylic oxidation sites excluding steroid dienone is 1. The monoisotopic (exact) mass is 1970 g/mol. The second kappa shape index (κ2) is 35.3. The molecule has 0 unspecified atom stereocenters. The molecule has 12 aromatic heterocycles. The minimum absolute atomic E-state index is 0.0423. The number of hydrogen-bond acceptors (Lipinski definition) is 24. The summed E-state index contributed by atoms with van der Waals surface area (Å²) < 4.78 is 11.4. The Labute approximate surface area is 814 Å². The Kier molecular flexibility index (Phi) is 23.6. The molecular formula is C97H84N24O24. The van der Waals surface area contributed by atoms with Gasteiger partial charge in [0.1, 0.15) is 11.1 Å². The van der Waals surface area contributed by atoms with Crippen LogP contribution in [0.15, 0.2) is 164 Å². The van der Waals surface area contributed by atoms with E-state index in [1.165, 1.54) is 126 Å². The van der Waals surface area contributed by atoms with Crippen molar-refractivity contribution in [2.45, 2.75) is 131 Å². The molecule has 0 aliphatic rings. The first-order chi connectivity index (χ1) is 68.6. The fourth-order valence-corrected chi connectivity index (χ4v) is 18.0. The lowest BCUT2D eigenvalue weighted by Gasteiger charge is -2.15. The van der Waals surface area contributed by atoms with Gasteiger partial charge in [-0.1, -0.05) is 92.6 Å². The van der Waals surface area contributed by atoms with Crippen molar-refractivity contribution in [3.63, 3.8) is 0 Å². The number of benzene rings is 10. The lowest BCUT2D eigenvalue weighted by Crippen LogP contribution is -2.61. The summed E-state index contributed by atoms with van der Waals surface area (Å²) >= 11 is 0. The summed E-state index contributed by atoms with van der Waals surface area (Å²) in [5, 5.41) is 304. The number of aryl methyl sites for hydroxylation is 6. The summed E-state index contributed by atoms with van der Waals surface area (Å²) in [6, 6.07) is 39.4. The second-order valence-corrected chi connectivity index (χ2v) is 34.9. The van der Waals surface area contributed by atoms with E-state index < -0.39 is 22.6 Å². The SMILES string of the molecule is C/C=C/c1c(CC)[n+]([O-])c2cc3c(cc2[n+]1[O-])[n+]([O-])c(C)c(C)[n+]3[O-].Cc1c(C)[n+]([O-])c2cc3c(cc2[n+]1[O-])[n+]([O-])c1cc2c(cc1[n+]3[O-])[n+]([O-])c(C)c(C)[n+]2[O-].Cc1c2c(c(C)c3c1[n+]([O-])c(C)c(C)[n+]3[O-])[n+]([O-])c(C)c(C)[n+]2[O-].Cc1ccc(C)c2c1[n+]([O-])c1ccccc1[n+]2[O-].Cc1ccc2c(c1)[n+]([O-])c1ccc(C)cc1[n+]2[O-].[O-][n+]1c2ccccc2[n+]([O-])c2c1[n+]([O-])c1c([n+]([O-])c3ccccc3[n+]1[O-])[n+]2[O-]. The van der Waals surface area contributed by atoms with Crippen LogP contribution < -0.4 is 114 Å². The van der Waals surface area contributed by atoms with Gasteiger partial charge in [-0.15, -0.1) is 0 Å². The van der Waals surface area contributed by atoms with Gasteiger partial charge in [-0.3, -0.25) is 0 Å². The standard InChI is InChI=1S/C20H16N6O6.C17H18N4O4.C16H8N6O6.C16H18N4O4.2C14H12N2O2/c1-9-10(2)22(28)14-6-18-17(5-13(14)21(9)27)25(31)19-7-15-16(8-20(19)26(18)32)24(30)12(4)11(3)23(15)29;1-5-7-13-12(6-2)20(24)16-8-14-15(9-17(16)21(13)25)19(23)11(4)10(3)18(14)22;23-17-9-5-1-2-6-10(9)18(24)14-13(17)21(27)15-16(22(14)28)20(26)12-8-4-3-7-11(12)19(15)25;1-7-13-15(19(23)11(5)9(3)17(13)21)8(2)16-14(7)18(22)10(4)12(6)20(16)24;1-9-3-5-11-13(7-9)15(17)12-6-4-10(2)8-14(12)16(11)18;1-9-7-8-10(2)14-13(9)15(17)11-5-3-4-6-12(11)16(14)18/h5-8H,1-4H3;5,7-9H,6H2,1-4H3;1-8H;1-6H3;2*3-8H,1-2H3/b;7-5+;;;;. The molecule has 22 rings (SSSR count). The van der Waals surface area contributed by atoms with Crippen molar-refractivity contribution in [1.29, 1.82) is 0 Å². The quantitative estimate of drug-likeness (QED) is 0.136. The van der Waals surface area contributed by atoms with Gasteiger partial charge in [-0.05, 0) is 69.1 Å². The van der Waals surface area contributed by atoms with Crippen LogP contribution in [0.1, 0.15) is 116 Å². The van der Waals surface area contributed by atoms with E-state index in [2.05, 4.69) is 0 Å². The summed E-state index contributed by atoms with van der Waals surface area (Å²) in [6.45, 7) is 29.3. The van der Waals surface area contributed by atoms with Crippen LogP contribution in [0.3, 0.4) is 0 Å². The zero-order chi connectivity index (χ0) is 105. The molecule has 0 saturated carbocycles. The number of rotatable bonds is 2. The Morgan fingerprint density at radius 1 is 0.186 bits per heavy atom. The molecule has 0 bridgehead atoms. The number of hydrogen-bond donors (Lipinski definition) is 0. The molecule has 10 aromatic carbocycles. The van der Waals surface area contributed by atoms with Gasteiger partial charge >= 0.3 is 44.7 Å². The molecule has 0 aliphatic carbocycles. The number of para-hydroxylation sites is 6. The van der Waals surface area contributed by atoms with Crippen molar-refractivity contribution < 1.29 is 114 Å². The van der Waals surface area contributed by atoms with E-state index in [1.54, 1.807) is 116 Å². The molecule has 145 heavy (non-hydrogen) atoms. The highest BCUT2D eigenvalue weighted by Crippen LogP contribution is 2.29. The number of aromatic nitrogens is 24. The third kappa shape index (κ3) is 14.6. The highest BCUT2D eigenvalue weighted by atomic mass is 16.6. The van der Waals surface area contributed by atoms with Crippen molar-refractivity contribution in [3.05, 3.63) is 390 Å². The maximum Gasteiger partial charge on any atom is 0.621 e. The van der Waals surface area contributed by atoms with Crippen molar-refractivity contribution in [1.82, 2.24) is 0 Å². The summed E-state index contributed by atoms with van der Waals surface area (Å²) in [5.74, 6) is 0. The van der Waals surface area contributed by atoms with Gasteiger partial charge in [0.15, 0.2) is 0 Å². The lowest BCUT2D eigenvalue weighted by atomic mass is 10.0. The molecule has 48 heteroatoms. The predicted octanol–water partition coefficient (Wildman–Crippen LogP) is 2.30. The molecule has 0 saturated heterocycles. The predicted molar refractivity (Wildman–Crippen MR) is 514 cm³/mol. The first kappa shape index (κ1) is 96.9. The van der Waals surface area contributed by atoms with Crippen LogP contribution in [-0.4, -0.2) is 0 Å². The molecule has 0 atom stereocenters. The molecule has 12 heterocycles. The van der Waals surface area contributed by atoms with E-state index in [9.17, 15) is 125 Å². The average Bonchev–Trinajstić information content (AvgIpc) is 0.694. The van der Waals surface area contributed by atoms with Gasteiger partial charge < -0.3 is 125 Å². The largest absolute Gasteiger partial charge is 0.621 e. The summed E-state index contributed by atoms with van der Waals surface area (Å²) in [4.78, 5) is 0. The fraction of sp³-hybridized carbons (Fsp3) is 0.196. The Hall–Kier alpha value is -19.7. The molecule has 0 N–H and O–H groups in total. The normalized spacial score (nSPS) is 11.6. The van der Waals surface area contributed by atoms with Crippen LogP contribution in [-0.2, 0) is 6.42 Å². The van der Waals surface area contributed by atoms with E-state index in [1.807, 2.05) is 52.0 Å². The molecule has 48 nitrogen and oxygen atoms in total. The first-order valence-electron chi connectivity index (χ1n) is 44.5. The Morgan fingerprint density at radius 3 is 0.628 bits per heavy atom. The summed E-state index contributed by atoms with van der Waals surface area (Å²) in [6.07, 6.45) is 3.58.